The molecular formula is C39H51N5O8. The number of nitrogens with two attached hydrogens (primary N) is 1. The van der Waals surface area contributed by atoms with Crippen molar-refractivity contribution in [2.45, 2.75) is 97.1 Å². The molecule has 0 saturated heterocycles. The Morgan fingerprint density at radius 2 is 1.29 bits per heavy atom. The van der Waals surface area contributed by atoms with E-state index in [4.69, 9.17) is 15.2 Å². The summed E-state index contributed by atoms with van der Waals surface area (Å²) in [6, 6.07) is 18.0. The number of unbranched alkanes of at least 4 members (excludes halogenated alkanes) is 1. The van der Waals surface area contributed by atoms with Crippen molar-refractivity contribution in [1.82, 2.24) is 21.3 Å². The highest BCUT2D eigenvalue weighted by molar-refractivity contribution is 5.93. The lowest BCUT2D eigenvalue weighted by Crippen LogP contribution is -2.57. The van der Waals surface area contributed by atoms with E-state index in [1.807, 2.05) is 36.4 Å². The number of rotatable bonds is 17. The molecule has 0 spiro atoms. The molecule has 52 heavy (non-hydrogen) atoms. The Kier molecular flexibility index (Phi) is 15.5. The predicted molar refractivity (Wildman–Crippen MR) is 196 cm³/mol. The molecule has 280 valence electrons. The summed E-state index contributed by atoms with van der Waals surface area (Å²) in [4.78, 5) is 65.2. The summed E-state index contributed by atoms with van der Waals surface area (Å²) in [7, 11) is 0. The number of carbonyl (C=O) groups is 5. The Morgan fingerprint density at radius 3 is 1.87 bits per heavy atom. The summed E-state index contributed by atoms with van der Waals surface area (Å²) in [5.74, 6) is -1.99. The molecule has 3 aromatic rings. The lowest BCUT2D eigenvalue weighted by atomic mass is 9.95. The van der Waals surface area contributed by atoms with Gasteiger partial charge in [-0.3, -0.25) is 14.4 Å². The number of hydrogen-bond acceptors (Lipinski definition) is 8. The van der Waals surface area contributed by atoms with Crippen molar-refractivity contribution < 1.29 is 38.6 Å². The second kappa shape index (κ2) is 19.7. The van der Waals surface area contributed by atoms with Crippen LogP contribution in [0.3, 0.4) is 0 Å². The Hall–Kier alpha value is -5.59. The molecular weight excluding hydrogens is 666 g/mol. The molecule has 0 saturated carbocycles. The summed E-state index contributed by atoms with van der Waals surface area (Å²) < 4.78 is 10.7. The first-order valence-corrected chi connectivity index (χ1v) is 17.3. The van der Waals surface area contributed by atoms with Crippen molar-refractivity contribution in [3.63, 3.8) is 0 Å². The normalized spacial score (nSPS) is 12.8. The Bertz CT molecular complexity index is 1640. The van der Waals surface area contributed by atoms with Gasteiger partial charge in [-0.25, -0.2) is 9.59 Å². The standard InChI is InChI=1S/C39H51N5O8/c1-25-20-29(45)21-26(2)30(25)23-33(44-38(50)52-39(3,4)5)36(48)42-31(35(47)43-32(34(40)46)22-27-14-8-6-9-15-27)18-12-13-19-41-37(49)51-24-28-16-10-7-11-17-28/h6-11,14-17,20-21,31-33,45H,12-13,18-19,22-24H2,1-5H3,(H2,40,46)(H,41,49)(H,42,48)(H,43,47)(H,44,50). The molecule has 13 nitrogen and oxygen atoms in total. The van der Waals surface area contributed by atoms with E-state index >= 15 is 0 Å². The monoisotopic (exact) mass is 717 g/mol. The van der Waals surface area contributed by atoms with Gasteiger partial charge in [0.25, 0.3) is 0 Å². The van der Waals surface area contributed by atoms with Gasteiger partial charge in [-0.1, -0.05) is 60.7 Å². The van der Waals surface area contributed by atoms with Gasteiger partial charge in [0.2, 0.25) is 17.7 Å². The second-order valence-electron chi connectivity index (χ2n) is 13.7. The number of benzene rings is 3. The number of alkyl carbamates (subject to hydrolysis) is 2. The SMILES string of the molecule is Cc1cc(O)cc(C)c1CC(NC(=O)OC(C)(C)C)C(=O)NC(CCCCNC(=O)OCc1ccccc1)C(=O)NC(Cc1ccccc1)C(N)=O. The Labute approximate surface area is 305 Å². The quantitative estimate of drug-likeness (QED) is 0.111. The van der Waals surface area contributed by atoms with Crippen LogP contribution in [0.5, 0.6) is 5.75 Å². The first-order valence-electron chi connectivity index (χ1n) is 17.3. The van der Waals surface area contributed by atoms with Crippen LogP contribution in [0.25, 0.3) is 0 Å². The molecule has 0 aromatic heterocycles. The van der Waals surface area contributed by atoms with Gasteiger partial charge >= 0.3 is 12.2 Å². The molecule has 0 fully saturated rings. The zero-order chi connectivity index (χ0) is 38.3. The predicted octanol–water partition coefficient (Wildman–Crippen LogP) is 4.24. The number of ether oxygens (including phenoxy) is 2. The molecule has 0 bridgehead atoms. The molecule has 0 aliphatic heterocycles. The van der Waals surface area contributed by atoms with Gasteiger partial charge < -0.3 is 41.6 Å². The van der Waals surface area contributed by atoms with Crippen LogP contribution in [0.15, 0.2) is 72.8 Å². The van der Waals surface area contributed by atoms with E-state index in [0.717, 1.165) is 16.7 Å². The fourth-order valence-electron chi connectivity index (χ4n) is 5.48. The number of phenolic OH excluding ortho intramolecular Hbond substituents is 1. The number of amides is 5. The third-order valence-electron chi connectivity index (χ3n) is 8.07. The highest BCUT2D eigenvalue weighted by atomic mass is 16.6. The number of aromatic hydroxyl groups is 1. The molecule has 0 aliphatic carbocycles. The summed E-state index contributed by atoms with van der Waals surface area (Å²) in [6.07, 6.45) is -0.292. The smallest absolute Gasteiger partial charge is 0.408 e. The van der Waals surface area contributed by atoms with Crippen molar-refractivity contribution >= 4 is 29.9 Å². The van der Waals surface area contributed by atoms with Crippen LogP contribution in [0.1, 0.15) is 67.9 Å². The number of carbonyl (C=O) groups excluding carboxylic acids is 5. The van der Waals surface area contributed by atoms with Gasteiger partial charge in [-0.15, -0.1) is 0 Å². The molecule has 0 heterocycles. The van der Waals surface area contributed by atoms with Crippen molar-refractivity contribution in [3.8, 4) is 5.75 Å². The maximum Gasteiger partial charge on any atom is 0.408 e. The van der Waals surface area contributed by atoms with Crippen LogP contribution in [0.2, 0.25) is 0 Å². The minimum atomic E-state index is -1.18. The van der Waals surface area contributed by atoms with Crippen molar-refractivity contribution in [1.29, 1.82) is 0 Å². The van der Waals surface area contributed by atoms with Gasteiger partial charge in [0.15, 0.2) is 0 Å². The van der Waals surface area contributed by atoms with Crippen molar-refractivity contribution in [3.05, 3.63) is 101 Å². The molecule has 3 unspecified atom stereocenters. The van der Waals surface area contributed by atoms with E-state index in [-0.39, 0.29) is 38.2 Å². The topological polar surface area (TPSA) is 198 Å². The van der Waals surface area contributed by atoms with Crippen LogP contribution >= 0.6 is 0 Å². The van der Waals surface area contributed by atoms with Gasteiger partial charge in [0.05, 0.1) is 0 Å². The third-order valence-corrected chi connectivity index (χ3v) is 8.07. The lowest BCUT2D eigenvalue weighted by molar-refractivity contribution is -0.132. The summed E-state index contributed by atoms with van der Waals surface area (Å²) >= 11 is 0. The molecule has 0 radical (unpaired) electrons. The van der Waals surface area contributed by atoms with E-state index in [9.17, 15) is 29.1 Å². The van der Waals surface area contributed by atoms with E-state index in [1.54, 1.807) is 71.0 Å². The van der Waals surface area contributed by atoms with Crippen LogP contribution in [0.4, 0.5) is 9.59 Å². The first kappa shape index (κ1) is 40.8. The van der Waals surface area contributed by atoms with E-state index < -0.39 is 53.6 Å². The molecule has 0 aliphatic rings. The summed E-state index contributed by atoms with van der Waals surface area (Å²) in [6.45, 7) is 9.00. The maximum absolute atomic E-state index is 14.0. The van der Waals surface area contributed by atoms with E-state index in [1.165, 1.54) is 0 Å². The minimum Gasteiger partial charge on any atom is -0.508 e. The van der Waals surface area contributed by atoms with Gasteiger partial charge in [-0.05, 0) is 93.8 Å². The molecule has 3 atom stereocenters. The average Bonchev–Trinajstić information content (AvgIpc) is 3.07. The van der Waals surface area contributed by atoms with E-state index in [2.05, 4.69) is 21.3 Å². The van der Waals surface area contributed by atoms with Crippen LogP contribution < -0.4 is 27.0 Å². The van der Waals surface area contributed by atoms with E-state index in [0.29, 0.717) is 24.0 Å². The second-order valence-corrected chi connectivity index (χ2v) is 13.7. The van der Waals surface area contributed by atoms with Gasteiger partial charge in [-0.2, -0.15) is 0 Å². The highest BCUT2D eigenvalue weighted by Gasteiger charge is 2.31. The highest BCUT2D eigenvalue weighted by Crippen LogP contribution is 2.22. The number of phenols is 1. The largest absolute Gasteiger partial charge is 0.508 e. The zero-order valence-corrected chi connectivity index (χ0v) is 30.5. The maximum atomic E-state index is 14.0. The van der Waals surface area contributed by atoms with Gasteiger partial charge in [0.1, 0.15) is 36.1 Å². The van der Waals surface area contributed by atoms with Crippen LogP contribution in [-0.4, -0.2) is 65.3 Å². The number of hydrogen-bond donors (Lipinski definition) is 6. The van der Waals surface area contributed by atoms with Gasteiger partial charge in [0, 0.05) is 19.4 Å². The fraction of sp³-hybridized carbons (Fsp3) is 0.410. The van der Waals surface area contributed by atoms with Crippen LogP contribution in [-0.2, 0) is 43.3 Å². The minimum absolute atomic E-state index is 0.0320. The van der Waals surface area contributed by atoms with Crippen molar-refractivity contribution in [2.24, 2.45) is 5.73 Å². The molecule has 3 aromatic carbocycles. The zero-order valence-electron chi connectivity index (χ0n) is 30.5. The lowest BCUT2D eigenvalue weighted by Gasteiger charge is -2.27. The molecule has 13 heteroatoms. The van der Waals surface area contributed by atoms with Crippen LogP contribution in [0, 0.1) is 13.8 Å². The average molecular weight is 718 g/mol. The summed E-state index contributed by atoms with van der Waals surface area (Å²) in [5.41, 5.74) is 8.58. The third kappa shape index (κ3) is 14.3. The Morgan fingerprint density at radius 1 is 0.731 bits per heavy atom. The first-order chi connectivity index (χ1) is 24.6. The molecule has 7 N–H and O–H groups in total. The van der Waals surface area contributed by atoms with Crippen molar-refractivity contribution in [2.75, 3.05) is 6.54 Å². The fourth-order valence-corrected chi connectivity index (χ4v) is 5.48. The molecule has 3 rings (SSSR count). The molecule has 5 amide bonds. The Balaban J connectivity index is 1.76. The number of aryl methyl sites for hydroxylation is 2. The number of primary amides is 1. The summed E-state index contributed by atoms with van der Waals surface area (Å²) in [5, 5.41) is 20.8. The number of nitrogens with one attached hydrogen (secondary N) is 4.